The highest BCUT2D eigenvalue weighted by Crippen LogP contribution is 2.38. The summed E-state index contributed by atoms with van der Waals surface area (Å²) in [5, 5.41) is 5.76. The summed E-state index contributed by atoms with van der Waals surface area (Å²) in [5.41, 5.74) is 6.91. The molecule has 0 aromatic heterocycles. The Labute approximate surface area is 117 Å². The van der Waals surface area contributed by atoms with Gasteiger partial charge in [0.2, 0.25) is 6.79 Å². The Kier molecular flexibility index (Phi) is 3.54. The molecule has 0 unspecified atom stereocenters. The van der Waals surface area contributed by atoms with Gasteiger partial charge in [-0.15, -0.1) is 0 Å². The van der Waals surface area contributed by atoms with E-state index in [0.717, 1.165) is 12.8 Å². The number of urea groups is 1. The maximum atomic E-state index is 12.0. The van der Waals surface area contributed by atoms with Crippen LogP contribution in [0.1, 0.15) is 32.1 Å². The van der Waals surface area contributed by atoms with E-state index in [1.165, 1.54) is 19.3 Å². The van der Waals surface area contributed by atoms with Crippen molar-refractivity contribution in [1.82, 2.24) is 5.32 Å². The van der Waals surface area contributed by atoms with Crippen LogP contribution >= 0.6 is 0 Å². The van der Waals surface area contributed by atoms with Crippen molar-refractivity contribution in [3.8, 4) is 11.5 Å². The van der Waals surface area contributed by atoms with Gasteiger partial charge in [0, 0.05) is 18.2 Å². The Morgan fingerprint density at radius 2 is 1.85 bits per heavy atom. The number of nitrogens with one attached hydrogen (secondary N) is 2. The van der Waals surface area contributed by atoms with E-state index in [1.807, 2.05) is 0 Å². The summed E-state index contributed by atoms with van der Waals surface area (Å²) in [6, 6.07) is 3.40. The topological polar surface area (TPSA) is 85.6 Å². The average molecular weight is 277 g/mol. The number of carbonyl (C=O) groups is 1. The molecule has 1 aliphatic carbocycles. The molecule has 0 bridgehead atoms. The van der Waals surface area contributed by atoms with Crippen LogP contribution in [0.4, 0.5) is 16.2 Å². The van der Waals surface area contributed by atoms with E-state index < -0.39 is 0 Å². The quantitative estimate of drug-likeness (QED) is 0.725. The van der Waals surface area contributed by atoms with Crippen LogP contribution in [-0.2, 0) is 0 Å². The number of amides is 2. The second kappa shape index (κ2) is 5.48. The molecule has 0 spiro atoms. The number of benzene rings is 1. The maximum absolute atomic E-state index is 12.0. The van der Waals surface area contributed by atoms with Gasteiger partial charge in [-0.25, -0.2) is 4.79 Å². The molecule has 0 radical (unpaired) electrons. The van der Waals surface area contributed by atoms with E-state index in [2.05, 4.69) is 10.6 Å². The first-order valence-electron chi connectivity index (χ1n) is 6.99. The van der Waals surface area contributed by atoms with E-state index in [1.54, 1.807) is 12.1 Å². The van der Waals surface area contributed by atoms with Gasteiger partial charge in [-0.3, -0.25) is 0 Å². The van der Waals surface area contributed by atoms with Crippen LogP contribution in [0.2, 0.25) is 0 Å². The van der Waals surface area contributed by atoms with Crippen molar-refractivity contribution in [2.75, 3.05) is 17.8 Å². The lowest BCUT2D eigenvalue weighted by Gasteiger charge is -2.23. The number of nitrogens with two attached hydrogens (primary N) is 1. The minimum atomic E-state index is -0.220. The predicted octanol–water partition coefficient (Wildman–Crippen LogP) is 2.45. The minimum Gasteiger partial charge on any atom is -0.454 e. The third-order valence-electron chi connectivity index (χ3n) is 3.73. The molecule has 1 aromatic rings. The molecule has 2 aliphatic rings. The van der Waals surface area contributed by atoms with Gasteiger partial charge in [0.1, 0.15) is 0 Å². The molecule has 2 amide bonds. The Morgan fingerprint density at radius 3 is 2.60 bits per heavy atom. The van der Waals surface area contributed by atoms with Crippen LogP contribution in [0.15, 0.2) is 12.1 Å². The first-order chi connectivity index (χ1) is 9.72. The van der Waals surface area contributed by atoms with Crippen molar-refractivity contribution in [3.05, 3.63) is 12.1 Å². The smallest absolute Gasteiger partial charge is 0.319 e. The van der Waals surface area contributed by atoms with Crippen LogP contribution in [-0.4, -0.2) is 18.9 Å². The second-order valence-corrected chi connectivity index (χ2v) is 5.23. The van der Waals surface area contributed by atoms with E-state index >= 15 is 0 Å². The fraction of sp³-hybridized carbons (Fsp3) is 0.500. The summed E-state index contributed by atoms with van der Waals surface area (Å²) in [6.07, 6.45) is 5.71. The summed E-state index contributed by atoms with van der Waals surface area (Å²) < 4.78 is 10.5. The Bertz CT molecular complexity index is 513. The second-order valence-electron chi connectivity index (χ2n) is 5.23. The normalized spacial score (nSPS) is 17.8. The monoisotopic (exact) mass is 277 g/mol. The molecular weight excluding hydrogens is 258 g/mol. The molecule has 1 aliphatic heterocycles. The summed E-state index contributed by atoms with van der Waals surface area (Å²) in [7, 11) is 0. The summed E-state index contributed by atoms with van der Waals surface area (Å²) in [5.74, 6) is 1.22. The summed E-state index contributed by atoms with van der Waals surface area (Å²) >= 11 is 0. The number of fused-ring (bicyclic) bond motifs is 1. The van der Waals surface area contributed by atoms with Crippen LogP contribution in [0.25, 0.3) is 0 Å². The molecule has 108 valence electrons. The molecule has 1 saturated carbocycles. The Morgan fingerprint density at radius 1 is 1.15 bits per heavy atom. The van der Waals surface area contributed by atoms with Crippen molar-refractivity contribution in [2.45, 2.75) is 38.1 Å². The molecule has 1 aromatic carbocycles. The van der Waals surface area contributed by atoms with Gasteiger partial charge in [0.15, 0.2) is 11.5 Å². The number of nitrogen functional groups attached to an aromatic ring is 1. The van der Waals surface area contributed by atoms with Crippen molar-refractivity contribution in [3.63, 3.8) is 0 Å². The molecular formula is C14H19N3O3. The number of hydrogen-bond acceptors (Lipinski definition) is 4. The molecule has 1 fully saturated rings. The lowest BCUT2D eigenvalue weighted by Crippen LogP contribution is -2.39. The number of hydrogen-bond donors (Lipinski definition) is 3. The lowest BCUT2D eigenvalue weighted by molar-refractivity contribution is 0.174. The van der Waals surface area contributed by atoms with Crippen LogP contribution in [0.5, 0.6) is 11.5 Å². The predicted molar refractivity (Wildman–Crippen MR) is 76.0 cm³/mol. The first kappa shape index (κ1) is 12.9. The van der Waals surface area contributed by atoms with Crippen molar-refractivity contribution >= 4 is 17.4 Å². The largest absolute Gasteiger partial charge is 0.454 e. The minimum absolute atomic E-state index is 0.187. The third-order valence-corrected chi connectivity index (χ3v) is 3.73. The zero-order valence-corrected chi connectivity index (χ0v) is 11.3. The number of anilines is 2. The van der Waals surface area contributed by atoms with Gasteiger partial charge in [-0.05, 0) is 12.8 Å². The first-order valence-corrected chi connectivity index (χ1v) is 6.99. The van der Waals surface area contributed by atoms with Crippen molar-refractivity contribution in [2.24, 2.45) is 0 Å². The van der Waals surface area contributed by atoms with Gasteiger partial charge in [0.05, 0.1) is 11.4 Å². The van der Waals surface area contributed by atoms with Gasteiger partial charge >= 0.3 is 6.03 Å². The molecule has 6 heteroatoms. The molecule has 1 heterocycles. The van der Waals surface area contributed by atoms with E-state index in [0.29, 0.717) is 22.9 Å². The zero-order valence-electron chi connectivity index (χ0n) is 11.3. The van der Waals surface area contributed by atoms with Crippen LogP contribution in [0.3, 0.4) is 0 Å². The lowest BCUT2D eigenvalue weighted by atomic mass is 9.96. The fourth-order valence-electron chi connectivity index (χ4n) is 2.66. The number of ether oxygens (including phenoxy) is 2. The van der Waals surface area contributed by atoms with Gasteiger partial charge in [-0.2, -0.15) is 0 Å². The van der Waals surface area contributed by atoms with Gasteiger partial charge in [-0.1, -0.05) is 19.3 Å². The van der Waals surface area contributed by atoms with E-state index in [4.69, 9.17) is 15.2 Å². The summed E-state index contributed by atoms with van der Waals surface area (Å²) in [4.78, 5) is 12.0. The zero-order chi connectivity index (χ0) is 13.9. The van der Waals surface area contributed by atoms with Crippen molar-refractivity contribution < 1.29 is 14.3 Å². The molecule has 4 N–H and O–H groups in total. The Balaban J connectivity index is 1.63. The van der Waals surface area contributed by atoms with Gasteiger partial charge < -0.3 is 25.8 Å². The molecule has 0 saturated heterocycles. The number of rotatable bonds is 2. The van der Waals surface area contributed by atoms with Crippen LogP contribution in [0, 0.1) is 0 Å². The standard InChI is InChI=1S/C14H19N3O3/c15-10-6-12-13(20-8-19-12)7-11(10)17-14(18)16-9-4-2-1-3-5-9/h6-7,9H,1-5,8,15H2,(H2,16,17,18). The van der Waals surface area contributed by atoms with Crippen molar-refractivity contribution in [1.29, 1.82) is 0 Å². The van der Waals surface area contributed by atoms with E-state index in [-0.39, 0.29) is 18.9 Å². The molecule has 3 rings (SSSR count). The molecule has 20 heavy (non-hydrogen) atoms. The highest BCUT2D eigenvalue weighted by molar-refractivity contribution is 5.93. The number of carbonyl (C=O) groups excluding carboxylic acids is 1. The maximum Gasteiger partial charge on any atom is 0.319 e. The van der Waals surface area contributed by atoms with Gasteiger partial charge in [0.25, 0.3) is 0 Å². The SMILES string of the molecule is Nc1cc2c(cc1NC(=O)NC1CCCCC1)OCO2. The average Bonchev–Trinajstić information content (AvgIpc) is 2.87. The Hall–Kier alpha value is -2.11. The van der Waals surface area contributed by atoms with E-state index in [9.17, 15) is 4.79 Å². The highest BCUT2D eigenvalue weighted by atomic mass is 16.7. The third kappa shape index (κ3) is 2.74. The molecule has 0 atom stereocenters. The van der Waals surface area contributed by atoms with Crippen LogP contribution < -0.4 is 25.8 Å². The summed E-state index contributed by atoms with van der Waals surface area (Å²) in [6.45, 7) is 0.187. The molecule has 6 nitrogen and oxygen atoms in total. The fourth-order valence-corrected chi connectivity index (χ4v) is 2.66. The highest BCUT2D eigenvalue weighted by Gasteiger charge is 2.19.